The molecule has 0 radical (unpaired) electrons. The molecule has 17 heavy (non-hydrogen) atoms. The van der Waals surface area contributed by atoms with Crippen molar-refractivity contribution in [2.45, 2.75) is 23.1 Å². The van der Waals surface area contributed by atoms with Crippen molar-refractivity contribution in [3.8, 4) is 5.75 Å². The van der Waals surface area contributed by atoms with E-state index in [2.05, 4.69) is 19.1 Å². The summed E-state index contributed by atoms with van der Waals surface area (Å²) in [6.45, 7) is 2.09. The Morgan fingerprint density at radius 3 is 2.29 bits per heavy atom. The first kappa shape index (κ1) is 12.3. The van der Waals surface area contributed by atoms with E-state index < -0.39 is 0 Å². The van der Waals surface area contributed by atoms with Crippen LogP contribution in [0.3, 0.4) is 0 Å². The first-order chi connectivity index (χ1) is 8.19. The number of hydrogen-bond acceptors (Lipinski definition) is 2. The van der Waals surface area contributed by atoms with Crippen LogP contribution in [0.2, 0.25) is 5.02 Å². The fraction of sp³-hybridized carbons (Fsp3) is 0.143. The monoisotopic (exact) mass is 264 g/mol. The molecule has 0 saturated heterocycles. The van der Waals surface area contributed by atoms with E-state index in [1.165, 1.54) is 5.56 Å². The fourth-order valence-electron chi connectivity index (χ4n) is 1.53. The van der Waals surface area contributed by atoms with E-state index in [4.69, 9.17) is 11.6 Å². The largest absolute Gasteiger partial charge is 0.508 e. The van der Waals surface area contributed by atoms with E-state index in [1.807, 2.05) is 18.2 Å². The molecule has 88 valence electrons. The Balaban J connectivity index is 2.19. The summed E-state index contributed by atoms with van der Waals surface area (Å²) in [4.78, 5) is 2.20. The van der Waals surface area contributed by atoms with E-state index >= 15 is 0 Å². The lowest BCUT2D eigenvalue weighted by molar-refractivity contribution is 0.475. The molecule has 0 bridgehead atoms. The average molecular weight is 265 g/mol. The van der Waals surface area contributed by atoms with Crippen molar-refractivity contribution < 1.29 is 5.11 Å². The zero-order chi connectivity index (χ0) is 12.3. The molecule has 0 heterocycles. The highest BCUT2D eigenvalue weighted by Crippen LogP contribution is 2.31. The van der Waals surface area contributed by atoms with E-state index in [9.17, 15) is 5.11 Å². The standard InChI is InChI=1S/C14H13ClOS/c1-2-10-3-6-13(9-14(10)15)17-12-7-4-11(16)5-8-12/h3-9,16H,2H2,1H3. The fourth-order valence-corrected chi connectivity index (χ4v) is 2.76. The van der Waals surface area contributed by atoms with E-state index in [-0.39, 0.29) is 5.75 Å². The molecule has 0 unspecified atom stereocenters. The van der Waals surface area contributed by atoms with Crippen LogP contribution in [0.15, 0.2) is 52.3 Å². The predicted octanol–water partition coefficient (Wildman–Crippen LogP) is 4.76. The summed E-state index contributed by atoms with van der Waals surface area (Å²) in [7, 11) is 0. The zero-order valence-corrected chi connectivity index (χ0v) is 11.1. The Morgan fingerprint density at radius 2 is 1.71 bits per heavy atom. The van der Waals surface area contributed by atoms with Gasteiger partial charge in [0.2, 0.25) is 0 Å². The van der Waals surface area contributed by atoms with Gasteiger partial charge in [-0.2, -0.15) is 0 Å². The van der Waals surface area contributed by atoms with Gasteiger partial charge < -0.3 is 5.11 Å². The summed E-state index contributed by atoms with van der Waals surface area (Å²) < 4.78 is 0. The van der Waals surface area contributed by atoms with Gasteiger partial charge in [0.25, 0.3) is 0 Å². The third kappa shape index (κ3) is 3.18. The number of phenols is 1. The summed E-state index contributed by atoms with van der Waals surface area (Å²) in [6.07, 6.45) is 0.947. The molecule has 2 rings (SSSR count). The highest BCUT2D eigenvalue weighted by Gasteiger charge is 2.02. The van der Waals surface area contributed by atoms with Gasteiger partial charge in [-0.15, -0.1) is 0 Å². The van der Waals surface area contributed by atoms with Gasteiger partial charge in [0.05, 0.1) is 0 Å². The Hall–Kier alpha value is -1.12. The van der Waals surface area contributed by atoms with Crippen molar-refractivity contribution in [2.24, 2.45) is 0 Å². The summed E-state index contributed by atoms with van der Waals surface area (Å²) in [5, 5.41) is 10.0. The van der Waals surface area contributed by atoms with Crippen LogP contribution in [0.1, 0.15) is 12.5 Å². The van der Waals surface area contributed by atoms with Crippen LogP contribution >= 0.6 is 23.4 Å². The minimum Gasteiger partial charge on any atom is -0.508 e. The molecule has 0 aliphatic heterocycles. The Labute approximate surface area is 110 Å². The highest BCUT2D eigenvalue weighted by atomic mass is 35.5. The molecule has 0 saturated carbocycles. The molecule has 1 N–H and O–H groups in total. The van der Waals surface area contributed by atoms with Crippen LogP contribution in [0.25, 0.3) is 0 Å². The Bertz CT molecular complexity index is 508. The van der Waals surface area contributed by atoms with Crippen molar-refractivity contribution >= 4 is 23.4 Å². The number of phenolic OH excluding ortho intramolecular Hbond substituents is 1. The summed E-state index contributed by atoms with van der Waals surface area (Å²) in [6, 6.07) is 13.3. The Kier molecular flexibility index (Phi) is 3.97. The molecule has 0 amide bonds. The number of rotatable bonds is 3. The van der Waals surface area contributed by atoms with Gasteiger partial charge >= 0.3 is 0 Å². The number of halogens is 1. The predicted molar refractivity (Wildman–Crippen MR) is 73.1 cm³/mol. The number of aromatic hydroxyl groups is 1. The van der Waals surface area contributed by atoms with Gasteiger partial charge in [0.1, 0.15) is 5.75 Å². The van der Waals surface area contributed by atoms with Gasteiger partial charge in [-0.1, -0.05) is 36.4 Å². The lowest BCUT2D eigenvalue weighted by Gasteiger charge is -2.05. The second kappa shape index (κ2) is 5.48. The van der Waals surface area contributed by atoms with Crippen LogP contribution in [-0.2, 0) is 6.42 Å². The lowest BCUT2D eigenvalue weighted by Crippen LogP contribution is -1.82. The molecule has 3 heteroatoms. The number of aryl methyl sites for hydroxylation is 1. The smallest absolute Gasteiger partial charge is 0.115 e. The topological polar surface area (TPSA) is 20.2 Å². The average Bonchev–Trinajstić information content (AvgIpc) is 2.32. The SMILES string of the molecule is CCc1ccc(Sc2ccc(O)cc2)cc1Cl. The normalized spacial score (nSPS) is 10.5. The van der Waals surface area contributed by atoms with Crippen molar-refractivity contribution in [1.82, 2.24) is 0 Å². The summed E-state index contributed by atoms with van der Waals surface area (Å²) in [5.41, 5.74) is 1.17. The second-order valence-corrected chi connectivity index (χ2v) is 5.26. The molecule has 0 aromatic heterocycles. The van der Waals surface area contributed by atoms with E-state index in [0.29, 0.717) is 0 Å². The van der Waals surface area contributed by atoms with Crippen molar-refractivity contribution in [3.63, 3.8) is 0 Å². The molecule has 1 nitrogen and oxygen atoms in total. The van der Waals surface area contributed by atoms with Crippen molar-refractivity contribution in [3.05, 3.63) is 53.1 Å². The van der Waals surface area contributed by atoms with Gasteiger partial charge in [-0.3, -0.25) is 0 Å². The van der Waals surface area contributed by atoms with Crippen LogP contribution in [0.5, 0.6) is 5.75 Å². The molecule has 2 aromatic carbocycles. The van der Waals surface area contributed by atoms with Crippen LogP contribution in [0.4, 0.5) is 0 Å². The van der Waals surface area contributed by atoms with Crippen molar-refractivity contribution in [1.29, 1.82) is 0 Å². The minimum atomic E-state index is 0.286. The minimum absolute atomic E-state index is 0.286. The lowest BCUT2D eigenvalue weighted by atomic mass is 10.2. The zero-order valence-electron chi connectivity index (χ0n) is 9.48. The summed E-state index contributed by atoms with van der Waals surface area (Å²) in [5.74, 6) is 0.286. The molecular weight excluding hydrogens is 252 g/mol. The second-order valence-electron chi connectivity index (χ2n) is 3.70. The molecule has 0 aliphatic carbocycles. The third-order valence-corrected chi connectivity index (χ3v) is 3.83. The molecule has 0 fully saturated rings. The maximum atomic E-state index is 9.20. The first-order valence-electron chi connectivity index (χ1n) is 5.44. The molecule has 0 spiro atoms. The third-order valence-electron chi connectivity index (χ3n) is 2.48. The molecule has 2 aromatic rings. The number of benzene rings is 2. The van der Waals surface area contributed by atoms with E-state index in [1.54, 1.807) is 23.9 Å². The quantitative estimate of drug-likeness (QED) is 0.863. The van der Waals surface area contributed by atoms with Crippen molar-refractivity contribution in [2.75, 3.05) is 0 Å². The highest BCUT2D eigenvalue weighted by molar-refractivity contribution is 7.99. The summed E-state index contributed by atoms with van der Waals surface area (Å²) >= 11 is 7.80. The van der Waals surface area contributed by atoms with Gasteiger partial charge in [0, 0.05) is 14.8 Å². The van der Waals surface area contributed by atoms with Crippen LogP contribution in [0, 0.1) is 0 Å². The molecule has 0 aliphatic rings. The molecular formula is C14H13ClOS. The maximum Gasteiger partial charge on any atom is 0.115 e. The van der Waals surface area contributed by atoms with Crippen LogP contribution < -0.4 is 0 Å². The van der Waals surface area contributed by atoms with Gasteiger partial charge in [-0.05, 0) is 48.4 Å². The number of hydrogen-bond donors (Lipinski definition) is 1. The Morgan fingerprint density at radius 1 is 1.06 bits per heavy atom. The van der Waals surface area contributed by atoms with Crippen LogP contribution in [-0.4, -0.2) is 5.11 Å². The van der Waals surface area contributed by atoms with Gasteiger partial charge in [-0.25, -0.2) is 0 Å². The molecule has 0 atom stereocenters. The van der Waals surface area contributed by atoms with Gasteiger partial charge in [0.15, 0.2) is 0 Å². The first-order valence-corrected chi connectivity index (χ1v) is 6.64. The van der Waals surface area contributed by atoms with E-state index in [0.717, 1.165) is 21.2 Å². The maximum absolute atomic E-state index is 9.20.